The number of benzene rings is 2. The van der Waals surface area contributed by atoms with Crippen molar-refractivity contribution in [3.8, 4) is 11.5 Å². The summed E-state index contributed by atoms with van der Waals surface area (Å²) in [5, 5.41) is 3.09. The van der Waals surface area contributed by atoms with Crippen LogP contribution < -0.4 is 14.8 Å². The van der Waals surface area contributed by atoms with Crippen LogP contribution in [0.4, 0.5) is 14.5 Å². The van der Waals surface area contributed by atoms with Crippen LogP contribution in [0.15, 0.2) is 42.5 Å². The Morgan fingerprint density at radius 3 is 2.57 bits per heavy atom. The van der Waals surface area contributed by atoms with Crippen molar-refractivity contribution in [2.75, 3.05) is 11.9 Å². The maximum atomic E-state index is 12.3. The number of halogens is 4. The first-order valence-corrected chi connectivity index (χ1v) is 7.13. The molecule has 0 spiro atoms. The molecule has 23 heavy (non-hydrogen) atoms. The van der Waals surface area contributed by atoms with E-state index in [1.54, 1.807) is 12.1 Å². The Balaban J connectivity index is 1.96. The molecular formula is C15H11Cl2F2NO3. The standard InChI is InChI=1S/C15H11Cl2F2NO3/c16-10-6-5-9(7-11(10)17)22-8-14(21)20-12-3-1-2-4-13(12)23-15(18)19/h1-7,15H,8H2,(H,20,21). The Morgan fingerprint density at radius 1 is 1.13 bits per heavy atom. The van der Waals surface area contributed by atoms with Crippen molar-refractivity contribution in [1.29, 1.82) is 0 Å². The normalized spacial score (nSPS) is 10.5. The van der Waals surface area contributed by atoms with Gasteiger partial charge in [0.1, 0.15) is 11.5 Å². The molecule has 0 saturated heterocycles. The number of carbonyl (C=O) groups is 1. The predicted octanol–water partition coefficient (Wildman–Crippen LogP) is 4.61. The number of alkyl halides is 2. The molecule has 0 fully saturated rings. The minimum absolute atomic E-state index is 0.121. The molecule has 0 saturated carbocycles. The van der Waals surface area contributed by atoms with E-state index in [1.165, 1.54) is 30.3 Å². The van der Waals surface area contributed by atoms with Crippen molar-refractivity contribution in [3.63, 3.8) is 0 Å². The molecule has 0 aliphatic rings. The topological polar surface area (TPSA) is 47.6 Å². The number of nitrogens with one attached hydrogen (secondary N) is 1. The van der Waals surface area contributed by atoms with Crippen LogP contribution in [0.1, 0.15) is 0 Å². The zero-order valence-electron chi connectivity index (χ0n) is 11.6. The zero-order valence-corrected chi connectivity index (χ0v) is 13.1. The van der Waals surface area contributed by atoms with E-state index in [1.807, 2.05) is 0 Å². The molecule has 2 aromatic rings. The van der Waals surface area contributed by atoms with Gasteiger partial charge < -0.3 is 14.8 Å². The summed E-state index contributed by atoms with van der Waals surface area (Å²) in [5.41, 5.74) is 0.121. The minimum Gasteiger partial charge on any atom is -0.484 e. The second-order valence-corrected chi connectivity index (χ2v) is 5.10. The summed E-state index contributed by atoms with van der Waals surface area (Å²) in [6.45, 7) is -3.32. The van der Waals surface area contributed by atoms with Gasteiger partial charge in [-0.25, -0.2) is 0 Å². The number of anilines is 1. The van der Waals surface area contributed by atoms with E-state index in [2.05, 4.69) is 10.1 Å². The van der Waals surface area contributed by atoms with Gasteiger partial charge >= 0.3 is 6.61 Å². The molecule has 0 heterocycles. The van der Waals surface area contributed by atoms with Crippen LogP contribution >= 0.6 is 23.2 Å². The summed E-state index contributed by atoms with van der Waals surface area (Å²) in [7, 11) is 0. The summed E-state index contributed by atoms with van der Waals surface area (Å²) >= 11 is 11.6. The molecule has 0 bridgehead atoms. The number of para-hydroxylation sites is 2. The molecule has 122 valence electrons. The van der Waals surface area contributed by atoms with Gasteiger partial charge in [-0.3, -0.25) is 4.79 Å². The van der Waals surface area contributed by atoms with Crippen LogP contribution in [-0.4, -0.2) is 19.1 Å². The number of ether oxygens (including phenoxy) is 2. The second-order valence-electron chi connectivity index (χ2n) is 4.29. The molecule has 0 aliphatic carbocycles. The van der Waals surface area contributed by atoms with Crippen LogP contribution in [0.2, 0.25) is 10.0 Å². The summed E-state index contributed by atoms with van der Waals surface area (Å²) < 4.78 is 34.2. The molecular weight excluding hydrogens is 351 g/mol. The predicted molar refractivity (Wildman–Crippen MR) is 83.7 cm³/mol. The molecule has 0 unspecified atom stereocenters. The Labute approximate surface area is 140 Å². The Kier molecular flexibility index (Phi) is 6.01. The van der Waals surface area contributed by atoms with E-state index in [0.717, 1.165) is 0 Å². The number of hydrogen-bond acceptors (Lipinski definition) is 3. The minimum atomic E-state index is -2.99. The van der Waals surface area contributed by atoms with Crippen LogP contribution in [-0.2, 0) is 4.79 Å². The Bertz CT molecular complexity index is 698. The number of rotatable bonds is 6. The number of carbonyl (C=O) groups excluding carboxylic acids is 1. The van der Waals surface area contributed by atoms with Crippen LogP contribution in [0.3, 0.4) is 0 Å². The van der Waals surface area contributed by atoms with Gasteiger partial charge in [0.15, 0.2) is 6.61 Å². The maximum absolute atomic E-state index is 12.3. The first-order chi connectivity index (χ1) is 11.0. The lowest BCUT2D eigenvalue weighted by molar-refractivity contribution is -0.118. The highest BCUT2D eigenvalue weighted by atomic mass is 35.5. The summed E-state index contributed by atoms with van der Waals surface area (Å²) in [4.78, 5) is 11.8. The van der Waals surface area contributed by atoms with Gasteiger partial charge in [-0.2, -0.15) is 8.78 Å². The molecule has 2 rings (SSSR count). The highest BCUT2D eigenvalue weighted by Crippen LogP contribution is 2.27. The van der Waals surface area contributed by atoms with Gasteiger partial charge in [-0.1, -0.05) is 35.3 Å². The molecule has 0 atom stereocenters. The summed E-state index contributed by atoms with van der Waals surface area (Å²) in [6.07, 6.45) is 0. The van der Waals surface area contributed by atoms with Crippen LogP contribution in [0.25, 0.3) is 0 Å². The van der Waals surface area contributed by atoms with Crippen molar-refractivity contribution in [1.82, 2.24) is 0 Å². The molecule has 0 radical (unpaired) electrons. The molecule has 2 aromatic carbocycles. The smallest absolute Gasteiger partial charge is 0.387 e. The quantitative estimate of drug-likeness (QED) is 0.816. The highest BCUT2D eigenvalue weighted by Gasteiger charge is 2.12. The third kappa shape index (κ3) is 5.26. The molecule has 8 heteroatoms. The fourth-order valence-corrected chi connectivity index (χ4v) is 1.96. The molecule has 1 N–H and O–H groups in total. The fourth-order valence-electron chi connectivity index (χ4n) is 1.67. The molecule has 0 aromatic heterocycles. The SMILES string of the molecule is O=C(COc1ccc(Cl)c(Cl)c1)Nc1ccccc1OC(F)F. The van der Waals surface area contributed by atoms with Gasteiger partial charge in [0.25, 0.3) is 5.91 Å². The fraction of sp³-hybridized carbons (Fsp3) is 0.133. The Morgan fingerprint density at radius 2 is 1.87 bits per heavy atom. The van der Waals surface area contributed by atoms with E-state index in [-0.39, 0.29) is 18.0 Å². The first-order valence-electron chi connectivity index (χ1n) is 6.37. The van der Waals surface area contributed by atoms with Gasteiger partial charge in [0.2, 0.25) is 0 Å². The van der Waals surface area contributed by atoms with Gasteiger partial charge in [0, 0.05) is 6.07 Å². The lowest BCUT2D eigenvalue weighted by atomic mass is 10.3. The van der Waals surface area contributed by atoms with Crippen molar-refractivity contribution in [2.24, 2.45) is 0 Å². The van der Waals surface area contributed by atoms with E-state index in [0.29, 0.717) is 15.8 Å². The summed E-state index contributed by atoms with van der Waals surface area (Å²) in [6, 6.07) is 10.4. The average molecular weight is 362 g/mol. The second kappa shape index (κ2) is 7.99. The van der Waals surface area contributed by atoms with Gasteiger partial charge in [0.05, 0.1) is 15.7 Å². The van der Waals surface area contributed by atoms with Gasteiger partial charge in [-0.15, -0.1) is 0 Å². The van der Waals surface area contributed by atoms with Crippen LogP contribution in [0.5, 0.6) is 11.5 Å². The average Bonchev–Trinajstić information content (AvgIpc) is 2.50. The largest absolute Gasteiger partial charge is 0.484 e. The molecule has 4 nitrogen and oxygen atoms in total. The summed E-state index contributed by atoms with van der Waals surface area (Å²) in [5.74, 6) is -0.321. The maximum Gasteiger partial charge on any atom is 0.387 e. The third-order valence-corrected chi connectivity index (χ3v) is 3.38. The highest BCUT2D eigenvalue weighted by molar-refractivity contribution is 6.42. The van der Waals surface area contributed by atoms with Crippen LogP contribution in [0, 0.1) is 0 Å². The first kappa shape index (κ1) is 17.3. The zero-order chi connectivity index (χ0) is 16.8. The third-order valence-electron chi connectivity index (χ3n) is 2.64. The van der Waals surface area contributed by atoms with E-state index < -0.39 is 12.5 Å². The van der Waals surface area contributed by atoms with Crippen molar-refractivity contribution in [3.05, 3.63) is 52.5 Å². The molecule has 0 aliphatic heterocycles. The number of hydrogen-bond donors (Lipinski definition) is 1. The molecule has 1 amide bonds. The van der Waals surface area contributed by atoms with Crippen molar-refractivity contribution >= 4 is 34.8 Å². The van der Waals surface area contributed by atoms with Crippen molar-refractivity contribution < 1.29 is 23.0 Å². The number of amides is 1. The van der Waals surface area contributed by atoms with Crippen molar-refractivity contribution in [2.45, 2.75) is 6.61 Å². The van der Waals surface area contributed by atoms with E-state index >= 15 is 0 Å². The Hall–Kier alpha value is -2.05. The lowest BCUT2D eigenvalue weighted by Crippen LogP contribution is -2.20. The van der Waals surface area contributed by atoms with E-state index in [9.17, 15) is 13.6 Å². The van der Waals surface area contributed by atoms with Gasteiger partial charge in [-0.05, 0) is 24.3 Å². The lowest BCUT2D eigenvalue weighted by Gasteiger charge is -2.12. The monoisotopic (exact) mass is 361 g/mol. The van der Waals surface area contributed by atoms with E-state index in [4.69, 9.17) is 27.9 Å².